The largest absolute Gasteiger partial charge is 0.244 e. The second-order valence-corrected chi connectivity index (χ2v) is 54.4. The summed E-state index contributed by atoms with van der Waals surface area (Å²) in [7, 11) is -25.4. The average Bonchev–Trinajstić information content (AvgIpc) is 0.757. The molecule has 0 aliphatic heterocycles. The highest BCUT2D eigenvalue weighted by Crippen LogP contribution is 2.41. The Morgan fingerprint density at radius 2 is 0.557 bits per heavy atom. The Morgan fingerprint density at radius 1 is 0.275 bits per heavy atom. The molecular weight excluding hydrogens is 2000 g/mol. The first-order valence-corrected chi connectivity index (χ1v) is 56.4. The zero-order valence-corrected chi connectivity index (χ0v) is 94.9. The van der Waals surface area contributed by atoms with Crippen molar-refractivity contribution >= 4 is 175 Å². The second-order valence-electron chi connectivity index (χ2n) is 39.3. The smallest absolute Gasteiger partial charge is 0.209 e. The van der Waals surface area contributed by atoms with Crippen molar-refractivity contribution in [2.45, 2.75) is 371 Å². The number of sulfonamides is 7. The van der Waals surface area contributed by atoms with Crippen LogP contribution in [-0.2, 0) is 70.2 Å². The predicted octanol–water partition coefficient (Wildman–Crippen LogP) is 26.8. The number of benzene rings is 7. The van der Waals surface area contributed by atoms with E-state index in [1.165, 1.54) is 24.3 Å². The average molecular weight is 2140 g/mol. The topological polar surface area (TPSA) is 323 Å². The van der Waals surface area contributed by atoms with Crippen LogP contribution in [0.2, 0.25) is 45.2 Å². The summed E-state index contributed by atoms with van der Waals surface area (Å²) in [5, 5.41) is 2.87. The van der Waals surface area contributed by atoms with E-state index in [1.54, 1.807) is 171 Å². The number of rotatable bonds is 25. The molecule has 131 heavy (non-hydrogen) atoms. The van der Waals surface area contributed by atoms with E-state index in [9.17, 15) is 63.3 Å². The van der Waals surface area contributed by atoms with Gasteiger partial charge in [-0.25, -0.2) is 96.4 Å². The van der Waals surface area contributed by atoms with Crippen molar-refractivity contribution in [3.05, 3.63) is 198 Å². The van der Waals surface area contributed by atoms with Crippen LogP contribution in [0.5, 0.6) is 0 Å². The van der Waals surface area contributed by atoms with Crippen LogP contribution < -0.4 is 33.1 Å². The molecule has 0 bridgehead atoms. The third kappa shape index (κ3) is 39.6. The van der Waals surface area contributed by atoms with E-state index in [-0.39, 0.29) is 103 Å². The summed E-state index contributed by atoms with van der Waals surface area (Å²) in [5.41, 5.74) is 5.50. The molecule has 7 aromatic carbocycles. The highest BCUT2D eigenvalue weighted by molar-refractivity contribution is 7.91. The minimum absolute atomic E-state index is 0.0125. The maximum absolute atomic E-state index is 14.0. The van der Waals surface area contributed by atoms with E-state index in [0.29, 0.717) is 48.2 Å². The van der Waals surface area contributed by atoms with Crippen molar-refractivity contribution in [2.75, 3.05) is 0 Å². The zero-order valence-electron chi connectivity index (χ0n) is 82.4. The number of hydrogen-bond acceptors (Lipinski definition) is 14. The lowest BCUT2D eigenvalue weighted by Gasteiger charge is -2.25. The van der Waals surface area contributed by atoms with Gasteiger partial charge in [0.15, 0.2) is 5.82 Å². The normalized spacial score (nSPS) is 12.9. The van der Waals surface area contributed by atoms with Gasteiger partial charge in [-0.15, -0.1) is 0 Å². The fourth-order valence-electron chi connectivity index (χ4n) is 12.2. The molecule has 0 aromatic heterocycles. The molecule has 7 N–H and O–H groups in total. The highest BCUT2D eigenvalue weighted by atomic mass is 35.5. The van der Waals surface area contributed by atoms with Crippen molar-refractivity contribution < 1.29 is 63.3 Å². The summed E-state index contributed by atoms with van der Waals surface area (Å²) in [4.78, 5) is 0.472. The van der Waals surface area contributed by atoms with Crippen LogP contribution in [0.4, 0.5) is 4.39 Å². The summed E-state index contributed by atoms with van der Waals surface area (Å²) in [5.74, 6) is 0.603. The minimum Gasteiger partial charge on any atom is -0.209 e. The van der Waals surface area contributed by atoms with Crippen LogP contribution in [0.3, 0.4) is 0 Å². The fourth-order valence-corrected chi connectivity index (χ4v) is 27.0. The molecule has 7 aromatic rings. The lowest BCUT2D eigenvalue weighted by atomic mass is 9.98. The molecule has 0 atom stereocenters. The number of nitrogens with one attached hydrogen (secondary N) is 7. The van der Waals surface area contributed by atoms with E-state index >= 15 is 0 Å². The maximum atomic E-state index is 14.0. The highest BCUT2D eigenvalue weighted by Gasteiger charge is 2.34. The second kappa shape index (κ2) is 50.0. The molecule has 0 spiro atoms. The molecule has 21 nitrogen and oxygen atoms in total. The number of hydrogen-bond donors (Lipinski definition) is 7. The van der Waals surface area contributed by atoms with Gasteiger partial charge in [-0.2, -0.15) is 0 Å². The standard InChI is InChI=1S/C15H24ClNO2S.C14H21Cl2NO2S.C14H22ClNO2S.C13H19Cl2NO2S.C13H20ClNO2S.C12H17ClFNO2S.C12H18ClNO2S/c1-7-15(5,6)17-20(18,19)13-9-8-12(10(2)3)14(16)11(13)4;1-8(2)10-7-11(15)13(12(16)9(10)3)20(18,19)17-14(4,5)6;1-9(2)11-7-8-12(10(3)13(11)15)19(17,18)16-14(4,5)6;1-8(2)9-6-11(15)12(7-10(9)14)19(17,18)16-13(3,4)5;1-9(2)11-7-6-10(8-12(11)14)18(16,17)15-13(3,4)5;1-7(2)9-5-6-10(12(14)11(9)13)18(16,17)15-8(3)4;1-8(2)11-6-5-10(7-12(11)13)17(15,16)14-9(3)4/h8-10,17H,7H2,1-6H3;7-8,17H,1-6H3;7-9,16H,1-6H3;6-8,16H,1-5H3;6-9,15H,1-5H3;5-8,15H,1-4H3;5-9,14H,1-4H3. The van der Waals surface area contributed by atoms with Crippen molar-refractivity contribution in [1.82, 2.24) is 33.1 Å². The van der Waals surface area contributed by atoms with Gasteiger partial charge < -0.3 is 0 Å². The van der Waals surface area contributed by atoms with Gasteiger partial charge >= 0.3 is 0 Å². The van der Waals surface area contributed by atoms with Crippen molar-refractivity contribution in [2.24, 2.45) is 0 Å². The first-order chi connectivity index (χ1) is 58.7. The van der Waals surface area contributed by atoms with Crippen LogP contribution in [-0.4, -0.2) is 98.7 Å². The molecule has 38 heteroatoms. The summed E-state index contributed by atoms with van der Waals surface area (Å²) >= 11 is 55.3. The van der Waals surface area contributed by atoms with Crippen molar-refractivity contribution in [3.8, 4) is 0 Å². The van der Waals surface area contributed by atoms with Gasteiger partial charge in [0.05, 0.1) is 39.7 Å². The van der Waals surface area contributed by atoms with Gasteiger partial charge in [0.1, 0.15) is 14.7 Å². The maximum Gasteiger partial charge on any atom is 0.244 e. The predicted molar refractivity (Wildman–Crippen MR) is 549 cm³/mol. The Bertz CT molecular complexity index is 5900. The quantitative estimate of drug-likeness (QED) is 0.0280. The number of halogens is 10. The summed E-state index contributed by atoms with van der Waals surface area (Å²) in [6.07, 6.45) is 0.711. The van der Waals surface area contributed by atoms with Gasteiger partial charge in [-0.3, -0.25) is 0 Å². The van der Waals surface area contributed by atoms with E-state index in [2.05, 4.69) is 33.1 Å². The van der Waals surface area contributed by atoms with Crippen molar-refractivity contribution in [3.63, 3.8) is 0 Å². The van der Waals surface area contributed by atoms with Crippen LogP contribution in [0.25, 0.3) is 0 Å². The molecule has 0 saturated carbocycles. The SMILES string of the molecule is CC(C)NS(=O)(=O)c1ccc(C(C)C)c(Cl)c1.CC(C)NS(=O)(=O)c1ccc(C(C)C)c(Cl)c1F.CC(C)c1cc(Cl)c(S(=O)(=O)NC(C)(C)C)cc1Cl.CC(C)c1ccc(S(=O)(=O)NC(C)(C)C)cc1Cl.CCC(C)(C)NS(=O)(=O)c1ccc(C(C)C)c(Cl)c1C.Cc1c(C(C)C)cc(Cl)c(S(=O)(=O)NC(C)(C)C)c1Cl.Cc1c(S(=O)(=O)NC(C)(C)C)ccc(C(C)C)c1Cl. The Balaban J connectivity index is 0.000000765. The van der Waals surface area contributed by atoms with Gasteiger partial charge in [-0.1, -0.05) is 239 Å². The van der Waals surface area contributed by atoms with Gasteiger partial charge in [-0.05, 0) is 310 Å². The zero-order chi connectivity index (χ0) is 103. The molecule has 0 fully saturated rings. The minimum atomic E-state index is -3.86. The Hall–Kier alpha value is -3.55. The molecule has 0 aliphatic carbocycles. The van der Waals surface area contributed by atoms with Crippen molar-refractivity contribution in [1.29, 1.82) is 0 Å². The first kappa shape index (κ1) is 125. The molecule has 0 saturated heterocycles. The summed E-state index contributed by atoms with van der Waals surface area (Å²) in [6, 6.07) is 23.7. The summed E-state index contributed by atoms with van der Waals surface area (Å²) < 4.78 is 203. The molecule has 0 unspecified atom stereocenters. The fraction of sp³-hybridized carbons (Fsp3) is 0.548. The van der Waals surface area contributed by atoms with E-state index in [0.717, 1.165) is 38.9 Å². The Kier molecular flexibility index (Phi) is 47.9. The Morgan fingerprint density at radius 3 is 0.885 bits per heavy atom. The van der Waals surface area contributed by atoms with Crippen LogP contribution in [0, 0.1) is 26.6 Å². The lowest BCUT2D eigenvalue weighted by Crippen LogP contribution is -2.42. The van der Waals surface area contributed by atoms with Gasteiger partial charge in [0, 0.05) is 64.9 Å². The van der Waals surface area contributed by atoms with Crippen LogP contribution in [0.15, 0.2) is 125 Å². The van der Waals surface area contributed by atoms with E-state index in [4.69, 9.17) is 104 Å². The molecule has 0 aliphatic rings. The van der Waals surface area contributed by atoms with E-state index < -0.39 is 109 Å². The van der Waals surface area contributed by atoms with Gasteiger partial charge in [0.2, 0.25) is 70.2 Å². The lowest BCUT2D eigenvalue weighted by molar-refractivity contribution is 0.439. The van der Waals surface area contributed by atoms with Crippen LogP contribution in [0.1, 0.15) is 332 Å². The Labute approximate surface area is 831 Å². The van der Waals surface area contributed by atoms with E-state index in [1.807, 2.05) is 145 Å². The summed E-state index contributed by atoms with van der Waals surface area (Å²) in [6.45, 7) is 67.2. The first-order valence-electron chi connectivity index (χ1n) is 42.6. The third-order valence-corrected chi connectivity index (χ3v) is 34.8. The molecule has 7 rings (SSSR count). The molecule has 0 amide bonds. The van der Waals surface area contributed by atoms with Gasteiger partial charge in [0.25, 0.3) is 0 Å². The third-order valence-electron chi connectivity index (χ3n) is 18.5. The van der Waals surface area contributed by atoms with Crippen LogP contribution >= 0.6 is 104 Å². The molecular formula is C93H141Cl9FN7O14S7. The molecule has 0 heterocycles. The molecule has 0 radical (unpaired) electrons. The monoisotopic (exact) mass is 2140 g/mol. The molecule has 744 valence electrons.